The Morgan fingerprint density at radius 3 is 2.57 bits per heavy atom. The number of methoxy groups -OCH3 is 2. The van der Waals surface area contributed by atoms with Gasteiger partial charge < -0.3 is 9.47 Å². The predicted octanol–water partition coefficient (Wildman–Crippen LogP) is 5.51. The topological polar surface area (TPSA) is 53.4 Å². The first-order chi connectivity index (χ1) is 14.7. The quantitative estimate of drug-likeness (QED) is 0.294. The van der Waals surface area contributed by atoms with Gasteiger partial charge in [-0.15, -0.1) is 11.3 Å². The van der Waals surface area contributed by atoms with Crippen LogP contribution < -0.4 is 9.47 Å². The summed E-state index contributed by atoms with van der Waals surface area (Å²) in [5.41, 5.74) is 3.13. The van der Waals surface area contributed by atoms with Crippen molar-refractivity contribution in [3.8, 4) is 27.8 Å². The highest BCUT2D eigenvalue weighted by Gasteiger charge is 2.14. The smallest absolute Gasteiger partial charge is 0.189 e. The predicted molar refractivity (Wildman–Crippen MR) is 120 cm³/mol. The van der Waals surface area contributed by atoms with Crippen LogP contribution in [0.25, 0.3) is 22.3 Å². The van der Waals surface area contributed by atoms with Crippen molar-refractivity contribution in [3.05, 3.63) is 89.4 Å². The maximum atomic E-state index is 12.8. The molecule has 0 aliphatic rings. The fourth-order valence-electron chi connectivity index (χ4n) is 3.08. The van der Waals surface area contributed by atoms with Gasteiger partial charge in [-0.1, -0.05) is 24.3 Å². The van der Waals surface area contributed by atoms with Crippen molar-refractivity contribution in [2.24, 2.45) is 0 Å². The number of benzene rings is 2. The monoisotopic (exact) mass is 416 g/mol. The van der Waals surface area contributed by atoms with Crippen LogP contribution in [0.15, 0.2) is 78.3 Å². The SMILES string of the molecule is COc1ccc(C(=O)C=Cc2cn(-c3ccccc3)nc2-c2cccs2)c(OC)c1. The molecule has 0 fully saturated rings. The third kappa shape index (κ3) is 4.04. The first-order valence-electron chi connectivity index (χ1n) is 9.33. The molecule has 0 aliphatic carbocycles. The van der Waals surface area contributed by atoms with Crippen LogP contribution in [-0.4, -0.2) is 29.8 Å². The molecule has 5 nitrogen and oxygen atoms in total. The van der Waals surface area contributed by atoms with Crippen LogP contribution in [0.5, 0.6) is 11.5 Å². The van der Waals surface area contributed by atoms with E-state index in [1.165, 1.54) is 7.11 Å². The summed E-state index contributed by atoms with van der Waals surface area (Å²) in [7, 11) is 3.11. The van der Waals surface area contributed by atoms with Crippen molar-refractivity contribution in [2.75, 3.05) is 14.2 Å². The molecule has 0 bridgehead atoms. The number of nitrogens with zero attached hydrogens (tertiary/aromatic N) is 2. The lowest BCUT2D eigenvalue weighted by atomic mass is 10.1. The second-order valence-corrected chi connectivity index (χ2v) is 7.40. The number of carbonyl (C=O) groups is 1. The lowest BCUT2D eigenvalue weighted by Gasteiger charge is -2.07. The van der Waals surface area contributed by atoms with Gasteiger partial charge in [0.05, 0.1) is 30.3 Å². The fourth-order valence-corrected chi connectivity index (χ4v) is 3.82. The minimum Gasteiger partial charge on any atom is -0.497 e. The third-order valence-electron chi connectivity index (χ3n) is 4.61. The number of allylic oxidation sites excluding steroid dienone is 1. The minimum atomic E-state index is -0.154. The van der Waals surface area contributed by atoms with E-state index in [1.807, 2.05) is 58.7 Å². The molecule has 2 heterocycles. The molecule has 4 rings (SSSR count). The average molecular weight is 417 g/mol. The van der Waals surface area contributed by atoms with E-state index in [1.54, 1.807) is 48.8 Å². The van der Waals surface area contributed by atoms with Crippen LogP contribution in [0.4, 0.5) is 0 Å². The van der Waals surface area contributed by atoms with Gasteiger partial charge in [-0.3, -0.25) is 4.79 Å². The highest BCUT2D eigenvalue weighted by Crippen LogP contribution is 2.29. The van der Waals surface area contributed by atoms with Crippen molar-refractivity contribution in [1.29, 1.82) is 0 Å². The van der Waals surface area contributed by atoms with Crippen LogP contribution in [-0.2, 0) is 0 Å². The standard InChI is InChI=1S/C24H20N2O3S/c1-28-19-11-12-20(22(15-19)29-2)21(27)13-10-17-16-26(18-7-4-3-5-8-18)25-24(17)23-9-6-14-30-23/h3-16H,1-2H3. The van der Waals surface area contributed by atoms with Crippen LogP contribution in [0.3, 0.4) is 0 Å². The van der Waals surface area contributed by atoms with Crippen molar-refractivity contribution in [2.45, 2.75) is 0 Å². The van der Waals surface area contributed by atoms with Gasteiger partial charge in [0.15, 0.2) is 5.78 Å². The molecule has 0 radical (unpaired) electrons. The van der Waals surface area contributed by atoms with Crippen LogP contribution >= 0.6 is 11.3 Å². The van der Waals surface area contributed by atoms with E-state index in [2.05, 4.69) is 0 Å². The Kier molecular flexibility index (Phi) is 5.77. The number of hydrogen-bond donors (Lipinski definition) is 0. The number of rotatable bonds is 7. The summed E-state index contributed by atoms with van der Waals surface area (Å²) in [6, 6.07) is 19.1. The molecule has 2 aromatic heterocycles. The number of aromatic nitrogens is 2. The molecule has 0 unspecified atom stereocenters. The largest absolute Gasteiger partial charge is 0.497 e. The molecular formula is C24H20N2O3S. The molecular weight excluding hydrogens is 396 g/mol. The second kappa shape index (κ2) is 8.80. The maximum absolute atomic E-state index is 12.8. The Labute approximate surface area is 178 Å². The van der Waals surface area contributed by atoms with Crippen molar-refractivity contribution < 1.29 is 14.3 Å². The van der Waals surface area contributed by atoms with Crippen LogP contribution in [0, 0.1) is 0 Å². The highest BCUT2D eigenvalue weighted by atomic mass is 32.1. The van der Waals surface area contributed by atoms with Crippen molar-refractivity contribution in [1.82, 2.24) is 9.78 Å². The van der Waals surface area contributed by atoms with E-state index in [-0.39, 0.29) is 5.78 Å². The third-order valence-corrected chi connectivity index (χ3v) is 5.48. The van der Waals surface area contributed by atoms with Gasteiger partial charge in [0.1, 0.15) is 17.2 Å². The van der Waals surface area contributed by atoms with E-state index in [0.29, 0.717) is 17.1 Å². The first-order valence-corrected chi connectivity index (χ1v) is 10.2. The van der Waals surface area contributed by atoms with E-state index in [9.17, 15) is 4.79 Å². The summed E-state index contributed by atoms with van der Waals surface area (Å²) in [6.07, 6.45) is 5.28. The molecule has 0 atom stereocenters. The van der Waals surface area contributed by atoms with Crippen molar-refractivity contribution in [3.63, 3.8) is 0 Å². The van der Waals surface area contributed by atoms with Gasteiger partial charge in [-0.25, -0.2) is 4.68 Å². The number of para-hydroxylation sites is 1. The fraction of sp³-hybridized carbons (Fsp3) is 0.0833. The maximum Gasteiger partial charge on any atom is 0.189 e. The molecule has 6 heteroatoms. The zero-order valence-corrected chi connectivity index (χ0v) is 17.4. The second-order valence-electron chi connectivity index (χ2n) is 6.45. The molecule has 0 amide bonds. The summed E-state index contributed by atoms with van der Waals surface area (Å²) in [5.74, 6) is 0.957. The summed E-state index contributed by atoms with van der Waals surface area (Å²) in [6.45, 7) is 0. The number of ketones is 1. The molecule has 0 saturated carbocycles. The van der Waals surface area contributed by atoms with E-state index in [0.717, 1.165) is 21.8 Å². The number of carbonyl (C=O) groups excluding carboxylic acids is 1. The lowest BCUT2D eigenvalue weighted by Crippen LogP contribution is -1.99. The Bertz CT molecular complexity index is 1180. The Morgan fingerprint density at radius 2 is 1.87 bits per heavy atom. The van der Waals surface area contributed by atoms with E-state index >= 15 is 0 Å². The number of hydrogen-bond acceptors (Lipinski definition) is 5. The Morgan fingerprint density at radius 1 is 1.03 bits per heavy atom. The van der Waals surface area contributed by atoms with Gasteiger partial charge >= 0.3 is 0 Å². The summed E-state index contributed by atoms with van der Waals surface area (Å²) < 4.78 is 12.4. The van der Waals surface area contributed by atoms with Gasteiger partial charge in [-0.05, 0) is 47.9 Å². The normalized spacial score (nSPS) is 11.0. The van der Waals surface area contributed by atoms with Gasteiger partial charge in [0.25, 0.3) is 0 Å². The van der Waals surface area contributed by atoms with Crippen LogP contribution in [0.2, 0.25) is 0 Å². The number of thiophene rings is 1. The summed E-state index contributed by atoms with van der Waals surface area (Å²) in [4.78, 5) is 13.9. The summed E-state index contributed by atoms with van der Waals surface area (Å²) in [5, 5.41) is 6.76. The Hall–Kier alpha value is -3.64. The molecule has 0 spiro atoms. The Balaban J connectivity index is 1.69. The van der Waals surface area contributed by atoms with E-state index < -0.39 is 0 Å². The average Bonchev–Trinajstić information content (AvgIpc) is 3.47. The summed E-state index contributed by atoms with van der Waals surface area (Å²) >= 11 is 1.61. The van der Waals surface area contributed by atoms with E-state index in [4.69, 9.17) is 14.6 Å². The van der Waals surface area contributed by atoms with Crippen molar-refractivity contribution >= 4 is 23.2 Å². The molecule has 30 heavy (non-hydrogen) atoms. The molecule has 4 aromatic rings. The number of ether oxygens (including phenoxy) is 2. The zero-order valence-electron chi connectivity index (χ0n) is 16.6. The minimum absolute atomic E-state index is 0.154. The lowest BCUT2D eigenvalue weighted by molar-refractivity contribution is 0.104. The highest BCUT2D eigenvalue weighted by molar-refractivity contribution is 7.13. The first kappa shape index (κ1) is 19.7. The van der Waals surface area contributed by atoms with Gasteiger partial charge in [0, 0.05) is 17.8 Å². The zero-order chi connectivity index (χ0) is 20.9. The van der Waals surface area contributed by atoms with Gasteiger partial charge in [-0.2, -0.15) is 5.10 Å². The molecule has 150 valence electrons. The van der Waals surface area contributed by atoms with Gasteiger partial charge in [0.2, 0.25) is 0 Å². The van der Waals surface area contributed by atoms with Crippen LogP contribution in [0.1, 0.15) is 15.9 Å². The molecule has 0 saturated heterocycles. The molecule has 2 aromatic carbocycles. The molecule has 0 N–H and O–H groups in total. The molecule has 0 aliphatic heterocycles.